The second-order valence-corrected chi connectivity index (χ2v) is 4.97. The molecule has 0 radical (unpaired) electrons. The minimum atomic E-state index is -0.477. The molecule has 23 heavy (non-hydrogen) atoms. The van der Waals surface area contributed by atoms with Gasteiger partial charge in [0.1, 0.15) is 13.1 Å². The van der Waals surface area contributed by atoms with E-state index in [2.05, 4.69) is 5.32 Å². The Hall–Kier alpha value is -2.77. The van der Waals surface area contributed by atoms with Crippen LogP contribution in [0.15, 0.2) is 18.2 Å². The van der Waals surface area contributed by atoms with Crippen LogP contribution in [-0.2, 0) is 9.59 Å². The van der Waals surface area contributed by atoms with Crippen molar-refractivity contribution >= 4 is 23.5 Å². The number of carbonyl (C=O) groups is 3. The molecule has 0 aromatic heterocycles. The highest BCUT2D eigenvalue weighted by molar-refractivity contribution is 6.06. The summed E-state index contributed by atoms with van der Waals surface area (Å²) in [6.45, 7) is 2.02. The number of imide groups is 1. The third-order valence-electron chi connectivity index (χ3n) is 3.28. The maximum absolute atomic E-state index is 12.0. The van der Waals surface area contributed by atoms with Gasteiger partial charge >= 0.3 is 6.03 Å². The molecule has 1 N–H and O–H groups in total. The standard InChI is InChI=1S/C15H19N3O5/c1-4-23-11-6-5-10(7-12(11)22-3)16-13(19)8-18-14(20)9-17(2)15(18)21/h5-7H,4,8-9H2,1-3H3,(H,16,19). The van der Waals surface area contributed by atoms with E-state index in [0.717, 1.165) is 4.90 Å². The largest absolute Gasteiger partial charge is 0.493 e. The van der Waals surface area contributed by atoms with Crippen LogP contribution in [0.1, 0.15) is 6.92 Å². The lowest BCUT2D eigenvalue weighted by Crippen LogP contribution is -2.38. The average molecular weight is 321 g/mol. The molecule has 1 aliphatic heterocycles. The zero-order valence-corrected chi connectivity index (χ0v) is 13.3. The van der Waals surface area contributed by atoms with E-state index in [-0.39, 0.29) is 13.1 Å². The Kier molecular flexibility index (Phi) is 5.05. The monoisotopic (exact) mass is 321 g/mol. The Morgan fingerprint density at radius 1 is 1.30 bits per heavy atom. The van der Waals surface area contributed by atoms with Crippen molar-refractivity contribution in [3.05, 3.63) is 18.2 Å². The minimum Gasteiger partial charge on any atom is -0.493 e. The molecule has 2 rings (SSSR count). The zero-order chi connectivity index (χ0) is 17.0. The molecule has 1 aliphatic rings. The van der Waals surface area contributed by atoms with Gasteiger partial charge in [0, 0.05) is 18.8 Å². The van der Waals surface area contributed by atoms with E-state index in [4.69, 9.17) is 9.47 Å². The van der Waals surface area contributed by atoms with Crippen molar-refractivity contribution in [1.29, 1.82) is 0 Å². The van der Waals surface area contributed by atoms with Crippen molar-refractivity contribution in [2.75, 3.05) is 39.2 Å². The molecule has 8 nitrogen and oxygen atoms in total. The van der Waals surface area contributed by atoms with E-state index in [1.807, 2.05) is 6.92 Å². The van der Waals surface area contributed by atoms with Gasteiger partial charge in [-0.1, -0.05) is 0 Å². The predicted molar refractivity (Wildman–Crippen MR) is 82.5 cm³/mol. The van der Waals surface area contributed by atoms with Crippen molar-refractivity contribution in [2.45, 2.75) is 6.92 Å². The van der Waals surface area contributed by atoms with Crippen molar-refractivity contribution in [3.63, 3.8) is 0 Å². The van der Waals surface area contributed by atoms with Crippen LogP contribution in [0, 0.1) is 0 Å². The number of urea groups is 1. The van der Waals surface area contributed by atoms with E-state index in [1.165, 1.54) is 19.1 Å². The summed E-state index contributed by atoms with van der Waals surface area (Å²) < 4.78 is 10.6. The summed E-state index contributed by atoms with van der Waals surface area (Å²) in [6, 6.07) is 4.47. The van der Waals surface area contributed by atoms with E-state index in [0.29, 0.717) is 23.8 Å². The van der Waals surface area contributed by atoms with E-state index < -0.39 is 17.8 Å². The molecule has 8 heteroatoms. The highest BCUT2D eigenvalue weighted by Gasteiger charge is 2.34. The van der Waals surface area contributed by atoms with Crippen LogP contribution >= 0.6 is 0 Å². The molecule has 1 heterocycles. The molecule has 1 aromatic rings. The third kappa shape index (κ3) is 3.71. The van der Waals surface area contributed by atoms with Crippen LogP contribution in [0.4, 0.5) is 10.5 Å². The van der Waals surface area contributed by atoms with Crippen molar-refractivity contribution in [1.82, 2.24) is 9.80 Å². The number of carbonyl (C=O) groups excluding carboxylic acids is 3. The molecular weight excluding hydrogens is 302 g/mol. The number of methoxy groups -OCH3 is 1. The molecular formula is C15H19N3O5. The van der Waals surface area contributed by atoms with Crippen LogP contribution in [0.25, 0.3) is 0 Å². The van der Waals surface area contributed by atoms with Crippen molar-refractivity contribution < 1.29 is 23.9 Å². The lowest BCUT2D eigenvalue weighted by Gasteiger charge is -2.15. The van der Waals surface area contributed by atoms with Gasteiger partial charge < -0.3 is 19.7 Å². The SMILES string of the molecule is CCOc1ccc(NC(=O)CN2C(=O)CN(C)C2=O)cc1OC. The fraction of sp³-hybridized carbons (Fsp3) is 0.400. The van der Waals surface area contributed by atoms with Crippen molar-refractivity contribution in [2.24, 2.45) is 0 Å². The fourth-order valence-corrected chi connectivity index (χ4v) is 2.19. The van der Waals surface area contributed by atoms with Gasteiger partial charge in [0.2, 0.25) is 5.91 Å². The van der Waals surface area contributed by atoms with E-state index >= 15 is 0 Å². The van der Waals surface area contributed by atoms with Crippen LogP contribution in [0.5, 0.6) is 11.5 Å². The van der Waals surface area contributed by atoms with Gasteiger partial charge in [-0.05, 0) is 19.1 Å². The van der Waals surface area contributed by atoms with Gasteiger partial charge in [-0.25, -0.2) is 4.79 Å². The Morgan fingerprint density at radius 3 is 2.61 bits per heavy atom. The van der Waals surface area contributed by atoms with Crippen LogP contribution < -0.4 is 14.8 Å². The summed E-state index contributed by atoms with van der Waals surface area (Å²) in [5.41, 5.74) is 0.489. The Balaban J connectivity index is 2.03. The van der Waals surface area contributed by atoms with Crippen LogP contribution in [0.2, 0.25) is 0 Å². The lowest BCUT2D eigenvalue weighted by atomic mass is 10.2. The number of ether oxygens (including phenoxy) is 2. The number of hydrogen-bond donors (Lipinski definition) is 1. The molecule has 0 spiro atoms. The summed E-state index contributed by atoms with van der Waals surface area (Å²) in [5, 5.41) is 2.63. The lowest BCUT2D eigenvalue weighted by molar-refractivity contribution is -0.129. The molecule has 4 amide bonds. The first kappa shape index (κ1) is 16.6. The normalized spacial score (nSPS) is 14.2. The Morgan fingerprint density at radius 2 is 2.04 bits per heavy atom. The van der Waals surface area contributed by atoms with Gasteiger partial charge in [0.05, 0.1) is 13.7 Å². The summed E-state index contributed by atoms with van der Waals surface area (Å²) in [7, 11) is 3.01. The number of anilines is 1. The highest BCUT2D eigenvalue weighted by Crippen LogP contribution is 2.30. The maximum Gasteiger partial charge on any atom is 0.327 e. The fourth-order valence-electron chi connectivity index (χ4n) is 2.19. The summed E-state index contributed by atoms with van der Waals surface area (Å²) in [5.74, 6) is 0.197. The molecule has 0 bridgehead atoms. The Bertz CT molecular complexity index is 632. The molecule has 1 saturated heterocycles. The van der Waals surface area contributed by atoms with E-state index in [9.17, 15) is 14.4 Å². The highest BCUT2D eigenvalue weighted by atomic mass is 16.5. The van der Waals surface area contributed by atoms with Gasteiger partial charge in [-0.3, -0.25) is 14.5 Å². The first-order valence-electron chi connectivity index (χ1n) is 7.12. The van der Waals surface area contributed by atoms with Gasteiger partial charge in [0.25, 0.3) is 5.91 Å². The molecule has 0 aliphatic carbocycles. The van der Waals surface area contributed by atoms with Crippen LogP contribution in [0.3, 0.4) is 0 Å². The smallest absolute Gasteiger partial charge is 0.327 e. The number of hydrogen-bond acceptors (Lipinski definition) is 5. The number of rotatable bonds is 6. The third-order valence-corrected chi connectivity index (χ3v) is 3.28. The van der Waals surface area contributed by atoms with Gasteiger partial charge in [-0.15, -0.1) is 0 Å². The summed E-state index contributed by atoms with van der Waals surface area (Å²) >= 11 is 0. The molecule has 0 saturated carbocycles. The number of likely N-dealkylation sites (N-methyl/N-ethyl adjacent to an activating group) is 1. The van der Waals surface area contributed by atoms with Crippen LogP contribution in [-0.4, -0.2) is 61.5 Å². The summed E-state index contributed by atoms with van der Waals surface area (Å²) in [6.07, 6.45) is 0. The van der Waals surface area contributed by atoms with Crippen molar-refractivity contribution in [3.8, 4) is 11.5 Å². The topological polar surface area (TPSA) is 88.2 Å². The number of nitrogens with one attached hydrogen (secondary N) is 1. The molecule has 0 atom stereocenters. The first-order chi connectivity index (χ1) is 11.0. The second-order valence-electron chi connectivity index (χ2n) is 4.97. The number of amides is 4. The Labute approximate surface area is 133 Å². The quantitative estimate of drug-likeness (QED) is 0.787. The zero-order valence-electron chi connectivity index (χ0n) is 13.3. The average Bonchev–Trinajstić information content (AvgIpc) is 2.75. The van der Waals surface area contributed by atoms with Gasteiger partial charge in [-0.2, -0.15) is 0 Å². The van der Waals surface area contributed by atoms with E-state index in [1.54, 1.807) is 18.2 Å². The summed E-state index contributed by atoms with van der Waals surface area (Å²) in [4.78, 5) is 37.6. The van der Waals surface area contributed by atoms with Gasteiger partial charge in [0.15, 0.2) is 11.5 Å². The number of benzene rings is 1. The minimum absolute atomic E-state index is 0.0109. The molecule has 124 valence electrons. The second kappa shape index (κ2) is 6.99. The first-order valence-corrected chi connectivity index (χ1v) is 7.12. The maximum atomic E-state index is 12.0. The predicted octanol–water partition coefficient (Wildman–Crippen LogP) is 0.926. The molecule has 1 fully saturated rings. The molecule has 1 aromatic carbocycles. The molecule has 0 unspecified atom stereocenters. The number of nitrogens with zero attached hydrogens (tertiary/aromatic N) is 2.